The van der Waals surface area contributed by atoms with E-state index in [1.165, 1.54) is 0 Å². The van der Waals surface area contributed by atoms with E-state index in [2.05, 4.69) is 47.6 Å². The standard InChI is InChI=1S/C13H24N4S/c1-7-14-11-9(2)12(17-10(3)16-11)15-8-13(4,5)18-6/h7-8H2,1-6H3,(H2,14,15,16,17). The van der Waals surface area contributed by atoms with E-state index in [1.807, 2.05) is 25.6 Å². The zero-order valence-electron chi connectivity index (χ0n) is 12.2. The van der Waals surface area contributed by atoms with Crippen LogP contribution < -0.4 is 10.6 Å². The van der Waals surface area contributed by atoms with Gasteiger partial charge < -0.3 is 10.6 Å². The first-order chi connectivity index (χ1) is 8.39. The highest BCUT2D eigenvalue weighted by molar-refractivity contribution is 7.99. The Kier molecular flexibility index (Phi) is 5.26. The molecule has 18 heavy (non-hydrogen) atoms. The van der Waals surface area contributed by atoms with Crippen molar-refractivity contribution in [3.05, 3.63) is 11.4 Å². The van der Waals surface area contributed by atoms with E-state index < -0.39 is 0 Å². The van der Waals surface area contributed by atoms with Crippen molar-refractivity contribution in [1.29, 1.82) is 0 Å². The molecule has 4 nitrogen and oxygen atoms in total. The molecular weight excluding hydrogens is 244 g/mol. The Bertz CT molecular complexity index is 404. The topological polar surface area (TPSA) is 49.8 Å². The molecule has 0 aliphatic heterocycles. The van der Waals surface area contributed by atoms with Gasteiger partial charge in [-0.3, -0.25) is 0 Å². The highest BCUT2D eigenvalue weighted by atomic mass is 32.2. The minimum Gasteiger partial charge on any atom is -0.370 e. The van der Waals surface area contributed by atoms with Crippen LogP contribution in [0.15, 0.2) is 0 Å². The van der Waals surface area contributed by atoms with Gasteiger partial charge in [0.15, 0.2) is 0 Å². The molecule has 5 heteroatoms. The van der Waals surface area contributed by atoms with Crippen LogP contribution in [0.2, 0.25) is 0 Å². The number of aromatic nitrogens is 2. The summed E-state index contributed by atoms with van der Waals surface area (Å²) in [5, 5.41) is 6.70. The Morgan fingerprint density at radius 1 is 1.11 bits per heavy atom. The van der Waals surface area contributed by atoms with Crippen molar-refractivity contribution in [3.8, 4) is 0 Å². The van der Waals surface area contributed by atoms with Gasteiger partial charge in [0.1, 0.15) is 17.5 Å². The summed E-state index contributed by atoms with van der Waals surface area (Å²) in [6.45, 7) is 12.2. The number of hydrogen-bond acceptors (Lipinski definition) is 5. The predicted molar refractivity (Wildman–Crippen MR) is 81.8 cm³/mol. The smallest absolute Gasteiger partial charge is 0.134 e. The first-order valence-electron chi connectivity index (χ1n) is 6.27. The minimum atomic E-state index is 0.198. The van der Waals surface area contributed by atoms with Gasteiger partial charge in [-0.1, -0.05) is 0 Å². The quantitative estimate of drug-likeness (QED) is 0.830. The number of anilines is 2. The Morgan fingerprint density at radius 3 is 2.17 bits per heavy atom. The van der Waals surface area contributed by atoms with Gasteiger partial charge >= 0.3 is 0 Å². The summed E-state index contributed by atoms with van der Waals surface area (Å²) in [7, 11) is 0. The van der Waals surface area contributed by atoms with Gasteiger partial charge in [-0.15, -0.1) is 0 Å². The third-order valence-electron chi connectivity index (χ3n) is 2.84. The molecule has 1 aromatic rings. The molecule has 0 aromatic carbocycles. The summed E-state index contributed by atoms with van der Waals surface area (Å²) in [6, 6.07) is 0. The zero-order valence-corrected chi connectivity index (χ0v) is 13.0. The monoisotopic (exact) mass is 268 g/mol. The number of nitrogens with one attached hydrogen (secondary N) is 2. The first kappa shape index (κ1) is 15.1. The van der Waals surface area contributed by atoms with Crippen LogP contribution in [0.5, 0.6) is 0 Å². The van der Waals surface area contributed by atoms with Gasteiger partial charge in [0.2, 0.25) is 0 Å². The van der Waals surface area contributed by atoms with E-state index in [0.29, 0.717) is 0 Å². The summed E-state index contributed by atoms with van der Waals surface area (Å²) >= 11 is 1.85. The first-order valence-corrected chi connectivity index (χ1v) is 7.50. The second-order valence-corrected chi connectivity index (χ2v) is 6.45. The molecule has 0 aliphatic rings. The third-order valence-corrected chi connectivity index (χ3v) is 4.09. The lowest BCUT2D eigenvalue weighted by Gasteiger charge is -2.23. The van der Waals surface area contributed by atoms with E-state index in [-0.39, 0.29) is 4.75 Å². The van der Waals surface area contributed by atoms with Crippen LogP contribution in [0.4, 0.5) is 11.6 Å². The van der Waals surface area contributed by atoms with Crippen molar-refractivity contribution in [2.45, 2.75) is 39.4 Å². The molecule has 102 valence electrons. The van der Waals surface area contributed by atoms with Crippen LogP contribution in [-0.4, -0.2) is 34.1 Å². The predicted octanol–water partition coefficient (Wildman–Crippen LogP) is 3.08. The second-order valence-electron chi connectivity index (χ2n) is 4.94. The van der Waals surface area contributed by atoms with Crippen LogP contribution in [-0.2, 0) is 0 Å². The lowest BCUT2D eigenvalue weighted by atomic mass is 10.2. The van der Waals surface area contributed by atoms with Gasteiger partial charge in [0.05, 0.1) is 0 Å². The van der Waals surface area contributed by atoms with E-state index in [9.17, 15) is 0 Å². The van der Waals surface area contributed by atoms with Crippen LogP contribution in [0, 0.1) is 13.8 Å². The molecule has 1 rings (SSSR count). The van der Waals surface area contributed by atoms with Crippen LogP contribution in [0.1, 0.15) is 32.2 Å². The fraction of sp³-hybridized carbons (Fsp3) is 0.692. The average Bonchev–Trinajstić information content (AvgIpc) is 2.32. The van der Waals surface area contributed by atoms with Crippen molar-refractivity contribution in [3.63, 3.8) is 0 Å². The molecule has 0 saturated carbocycles. The Balaban J connectivity index is 2.88. The second kappa shape index (κ2) is 6.27. The molecule has 1 heterocycles. The molecule has 0 radical (unpaired) electrons. The third kappa shape index (κ3) is 4.05. The molecule has 0 fully saturated rings. The van der Waals surface area contributed by atoms with Crippen molar-refractivity contribution in [2.24, 2.45) is 0 Å². The highest BCUT2D eigenvalue weighted by Gasteiger charge is 2.17. The molecule has 0 spiro atoms. The number of hydrogen-bond donors (Lipinski definition) is 2. The van der Waals surface area contributed by atoms with E-state index in [0.717, 1.165) is 36.1 Å². The highest BCUT2D eigenvalue weighted by Crippen LogP contribution is 2.24. The molecule has 0 saturated heterocycles. The summed E-state index contributed by atoms with van der Waals surface area (Å²) in [5.41, 5.74) is 1.08. The molecule has 0 amide bonds. The van der Waals surface area contributed by atoms with E-state index in [1.54, 1.807) is 0 Å². The SMILES string of the molecule is CCNc1nc(C)nc(NCC(C)(C)SC)c1C. The van der Waals surface area contributed by atoms with Crippen LogP contribution in [0.25, 0.3) is 0 Å². The molecule has 0 bridgehead atoms. The average molecular weight is 268 g/mol. The van der Waals surface area contributed by atoms with Crippen molar-refractivity contribution < 1.29 is 0 Å². The van der Waals surface area contributed by atoms with Gasteiger partial charge in [-0.2, -0.15) is 11.8 Å². The minimum absolute atomic E-state index is 0.198. The van der Waals surface area contributed by atoms with Crippen LogP contribution in [0.3, 0.4) is 0 Å². The summed E-state index contributed by atoms with van der Waals surface area (Å²) in [6.07, 6.45) is 2.13. The maximum absolute atomic E-state index is 4.48. The number of nitrogens with zero attached hydrogens (tertiary/aromatic N) is 2. The van der Waals surface area contributed by atoms with E-state index >= 15 is 0 Å². The Labute approximate surface area is 114 Å². The van der Waals surface area contributed by atoms with Crippen molar-refractivity contribution in [1.82, 2.24) is 9.97 Å². The fourth-order valence-corrected chi connectivity index (χ4v) is 1.73. The molecule has 0 atom stereocenters. The number of aryl methyl sites for hydroxylation is 1. The molecular formula is C13H24N4S. The van der Waals surface area contributed by atoms with Crippen molar-refractivity contribution in [2.75, 3.05) is 30.0 Å². The number of thioether (sulfide) groups is 1. The van der Waals surface area contributed by atoms with Gasteiger partial charge in [-0.25, -0.2) is 9.97 Å². The maximum atomic E-state index is 4.48. The molecule has 0 unspecified atom stereocenters. The Hall–Kier alpha value is -0.970. The van der Waals surface area contributed by atoms with Crippen molar-refractivity contribution >= 4 is 23.4 Å². The molecule has 0 aliphatic carbocycles. The molecule has 2 N–H and O–H groups in total. The molecule has 1 aromatic heterocycles. The van der Waals surface area contributed by atoms with Gasteiger partial charge in [-0.05, 0) is 40.9 Å². The summed E-state index contributed by atoms with van der Waals surface area (Å²) in [4.78, 5) is 8.90. The summed E-state index contributed by atoms with van der Waals surface area (Å²) in [5.74, 6) is 2.65. The number of rotatable bonds is 6. The zero-order chi connectivity index (χ0) is 13.8. The van der Waals surface area contributed by atoms with Crippen LogP contribution >= 0.6 is 11.8 Å². The normalized spacial score (nSPS) is 11.4. The summed E-state index contributed by atoms with van der Waals surface area (Å²) < 4.78 is 0.198. The Morgan fingerprint density at radius 2 is 1.67 bits per heavy atom. The fourth-order valence-electron chi connectivity index (χ4n) is 1.51. The lowest BCUT2D eigenvalue weighted by molar-refractivity contribution is 0.748. The maximum Gasteiger partial charge on any atom is 0.134 e. The van der Waals surface area contributed by atoms with Gasteiger partial charge in [0, 0.05) is 23.4 Å². The van der Waals surface area contributed by atoms with E-state index in [4.69, 9.17) is 0 Å². The lowest BCUT2D eigenvalue weighted by Crippen LogP contribution is -2.26. The van der Waals surface area contributed by atoms with Gasteiger partial charge in [0.25, 0.3) is 0 Å². The largest absolute Gasteiger partial charge is 0.370 e.